The molecule has 1 aromatic carbocycles. The van der Waals surface area contributed by atoms with Crippen molar-refractivity contribution in [3.8, 4) is 0 Å². The lowest BCUT2D eigenvalue weighted by Crippen LogP contribution is -2.20. The standard InChI is InChI=1S/C12H13N3O2S/c16-18(17)6-5-9(8-18)14-12-7-13-15-11-4-2-1-3-10(11)12/h1-4,7,9H,5-6,8H2,(H,14,15). The summed E-state index contributed by atoms with van der Waals surface area (Å²) in [6, 6.07) is 7.65. The van der Waals surface area contributed by atoms with Crippen molar-refractivity contribution in [3.63, 3.8) is 0 Å². The molecule has 1 atom stereocenters. The number of aromatic nitrogens is 2. The molecule has 1 fully saturated rings. The van der Waals surface area contributed by atoms with Crippen LogP contribution in [0.15, 0.2) is 30.5 Å². The Morgan fingerprint density at radius 2 is 2.11 bits per heavy atom. The van der Waals surface area contributed by atoms with Crippen molar-refractivity contribution in [2.24, 2.45) is 0 Å². The maximum Gasteiger partial charge on any atom is 0.152 e. The Labute approximate surface area is 105 Å². The number of rotatable bonds is 2. The Morgan fingerprint density at radius 3 is 2.89 bits per heavy atom. The van der Waals surface area contributed by atoms with E-state index in [9.17, 15) is 8.42 Å². The molecule has 3 rings (SSSR count). The van der Waals surface area contributed by atoms with Gasteiger partial charge in [-0.3, -0.25) is 0 Å². The molecule has 2 aromatic rings. The van der Waals surface area contributed by atoms with Gasteiger partial charge in [0, 0.05) is 11.4 Å². The first-order valence-electron chi connectivity index (χ1n) is 5.81. The molecule has 6 heteroatoms. The summed E-state index contributed by atoms with van der Waals surface area (Å²) < 4.78 is 22.9. The van der Waals surface area contributed by atoms with E-state index in [1.54, 1.807) is 6.20 Å². The molecule has 1 unspecified atom stereocenters. The first-order chi connectivity index (χ1) is 8.64. The van der Waals surface area contributed by atoms with Gasteiger partial charge < -0.3 is 5.32 Å². The van der Waals surface area contributed by atoms with Gasteiger partial charge >= 0.3 is 0 Å². The van der Waals surface area contributed by atoms with Crippen molar-refractivity contribution in [1.29, 1.82) is 0 Å². The molecule has 0 bridgehead atoms. The molecule has 1 saturated heterocycles. The highest BCUT2D eigenvalue weighted by atomic mass is 32.2. The number of hydrogen-bond donors (Lipinski definition) is 1. The van der Waals surface area contributed by atoms with Crippen LogP contribution in [0, 0.1) is 0 Å². The SMILES string of the molecule is O=S1(=O)CCC(Nc2cnnc3ccccc23)C1. The molecule has 0 aliphatic carbocycles. The fourth-order valence-corrected chi connectivity index (χ4v) is 3.92. The van der Waals surface area contributed by atoms with E-state index in [2.05, 4.69) is 15.5 Å². The predicted molar refractivity (Wildman–Crippen MR) is 70.2 cm³/mol. The van der Waals surface area contributed by atoms with Crippen molar-refractivity contribution < 1.29 is 8.42 Å². The van der Waals surface area contributed by atoms with Gasteiger partial charge in [-0.15, -0.1) is 0 Å². The molecular weight excluding hydrogens is 250 g/mol. The van der Waals surface area contributed by atoms with Crippen LogP contribution in [0.25, 0.3) is 10.9 Å². The molecular formula is C12H13N3O2S. The molecule has 2 heterocycles. The Kier molecular flexibility index (Phi) is 2.66. The maximum absolute atomic E-state index is 11.4. The van der Waals surface area contributed by atoms with Crippen LogP contribution in [0.5, 0.6) is 0 Å². The molecule has 94 valence electrons. The molecule has 1 N–H and O–H groups in total. The molecule has 1 aromatic heterocycles. The van der Waals surface area contributed by atoms with E-state index in [0.29, 0.717) is 6.42 Å². The highest BCUT2D eigenvalue weighted by Gasteiger charge is 2.27. The minimum atomic E-state index is -2.87. The van der Waals surface area contributed by atoms with Crippen LogP contribution in [-0.2, 0) is 9.84 Å². The van der Waals surface area contributed by atoms with E-state index in [1.165, 1.54) is 0 Å². The van der Waals surface area contributed by atoms with Crippen molar-refractivity contribution in [2.75, 3.05) is 16.8 Å². The topological polar surface area (TPSA) is 72.0 Å². The number of fused-ring (bicyclic) bond motifs is 1. The van der Waals surface area contributed by atoms with Crippen LogP contribution in [-0.4, -0.2) is 36.2 Å². The van der Waals surface area contributed by atoms with E-state index in [1.807, 2.05) is 24.3 Å². The normalized spacial score (nSPS) is 22.1. The van der Waals surface area contributed by atoms with Crippen molar-refractivity contribution in [3.05, 3.63) is 30.5 Å². The van der Waals surface area contributed by atoms with E-state index in [4.69, 9.17) is 0 Å². The van der Waals surface area contributed by atoms with Gasteiger partial charge in [0.05, 0.1) is 28.9 Å². The first-order valence-corrected chi connectivity index (χ1v) is 7.64. The Balaban J connectivity index is 1.92. The molecule has 18 heavy (non-hydrogen) atoms. The molecule has 1 aliphatic heterocycles. The van der Waals surface area contributed by atoms with Gasteiger partial charge in [0.15, 0.2) is 9.84 Å². The number of anilines is 1. The second-order valence-corrected chi connectivity index (χ2v) is 6.75. The van der Waals surface area contributed by atoms with Crippen LogP contribution in [0.1, 0.15) is 6.42 Å². The average molecular weight is 263 g/mol. The summed E-state index contributed by atoms with van der Waals surface area (Å²) >= 11 is 0. The third-order valence-electron chi connectivity index (χ3n) is 3.14. The third kappa shape index (κ3) is 2.15. The zero-order chi connectivity index (χ0) is 12.6. The van der Waals surface area contributed by atoms with Crippen molar-refractivity contribution in [2.45, 2.75) is 12.5 Å². The third-order valence-corrected chi connectivity index (χ3v) is 4.91. The number of hydrogen-bond acceptors (Lipinski definition) is 5. The van der Waals surface area contributed by atoms with Crippen LogP contribution >= 0.6 is 0 Å². The van der Waals surface area contributed by atoms with E-state index < -0.39 is 9.84 Å². The van der Waals surface area contributed by atoms with Gasteiger partial charge in [0.2, 0.25) is 0 Å². The number of sulfone groups is 1. The monoisotopic (exact) mass is 263 g/mol. The molecule has 0 saturated carbocycles. The van der Waals surface area contributed by atoms with Crippen molar-refractivity contribution in [1.82, 2.24) is 10.2 Å². The minimum absolute atomic E-state index is 0.0254. The molecule has 0 amide bonds. The summed E-state index contributed by atoms with van der Waals surface area (Å²) in [4.78, 5) is 0. The smallest absolute Gasteiger partial charge is 0.152 e. The van der Waals surface area contributed by atoms with E-state index >= 15 is 0 Å². The zero-order valence-electron chi connectivity index (χ0n) is 9.70. The second kappa shape index (κ2) is 4.20. The maximum atomic E-state index is 11.4. The Hall–Kier alpha value is -1.69. The quantitative estimate of drug-likeness (QED) is 0.882. The predicted octanol–water partition coefficient (Wildman–Crippen LogP) is 1.23. The fraction of sp³-hybridized carbons (Fsp3) is 0.333. The fourth-order valence-electron chi connectivity index (χ4n) is 2.25. The Bertz CT molecular complexity index is 679. The molecule has 5 nitrogen and oxygen atoms in total. The Morgan fingerprint density at radius 1 is 1.28 bits per heavy atom. The highest BCUT2D eigenvalue weighted by Crippen LogP contribution is 2.23. The average Bonchev–Trinajstić information content (AvgIpc) is 2.69. The van der Waals surface area contributed by atoms with Gasteiger partial charge in [0.25, 0.3) is 0 Å². The summed E-state index contributed by atoms with van der Waals surface area (Å²) in [6.45, 7) is 0. The van der Waals surface area contributed by atoms with Gasteiger partial charge in [-0.05, 0) is 12.5 Å². The molecule has 0 radical (unpaired) electrons. The molecule has 0 spiro atoms. The van der Waals surface area contributed by atoms with Crippen LogP contribution in [0.3, 0.4) is 0 Å². The van der Waals surface area contributed by atoms with Gasteiger partial charge in [-0.2, -0.15) is 10.2 Å². The van der Waals surface area contributed by atoms with Crippen LogP contribution < -0.4 is 5.32 Å². The summed E-state index contributed by atoms with van der Waals surface area (Å²) in [6.07, 6.45) is 2.30. The minimum Gasteiger partial charge on any atom is -0.379 e. The van der Waals surface area contributed by atoms with E-state index in [0.717, 1.165) is 16.6 Å². The second-order valence-electron chi connectivity index (χ2n) is 4.52. The first kappa shape index (κ1) is 11.4. The number of nitrogens with zero attached hydrogens (tertiary/aromatic N) is 2. The summed E-state index contributed by atoms with van der Waals surface area (Å²) in [5.41, 5.74) is 1.66. The highest BCUT2D eigenvalue weighted by molar-refractivity contribution is 7.91. The number of nitrogens with one attached hydrogen (secondary N) is 1. The number of benzene rings is 1. The molecule has 1 aliphatic rings. The van der Waals surface area contributed by atoms with Crippen LogP contribution in [0.2, 0.25) is 0 Å². The van der Waals surface area contributed by atoms with Gasteiger partial charge in [-0.25, -0.2) is 8.42 Å². The lowest BCUT2D eigenvalue weighted by Gasteiger charge is -2.13. The summed E-state index contributed by atoms with van der Waals surface area (Å²) in [5, 5.41) is 12.2. The summed E-state index contributed by atoms with van der Waals surface area (Å²) in [5.74, 6) is 0.463. The lowest BCUT2D eigenvalue weighted by molar-refractivity contribution is 0.602. The van der Waals surface area contributed by atoms with Gasteiger partial charge in [0.1, 0.15) is 0 Å². The van der Waals surface area contributed by atoms with Gasteiger partial charge in [-0.1, -0.05) is 18.2 Å². The van der Waals surface area contributed by atoms with Crippen LogP contribution in [0.4, 0.5) is 5.69 Å². The zero-order valence-corrected chi connectivity index (χ0v) is 10.5. The largest absolute Gasteiger partial charge is 0.379 e. The van der Waals surface area contributed by atoms with E-state index in [-0.39, 0.29) is 17.5 Å². The lowest BCUT2D eigenvalue weighted by atomic mass is 10.2. The summed E-state index contributed by atoms with van der Waals surface area (Å²) in [7, 11) is -2.87. The van der Waals surface area contributed by atoms with Crippen molar-refractivity contribution >= 4 is 26.4 Å².